The molecule has 0 radical (unpaired) electrons. The second-order valence-electron chi connectivity index (χ2n) is 13.2. The highest BCUT2D eigenvalue weighted by atomic mass is 32.2. The smallest absolute Gasteiger partial charge is 0.279 e. The Kier molecular flexibility index (Phi) is 6.68. The molecule has 4 aromatic rings. The van der Waals surface area contributed by atoms with Gasteiger partial charge in [0.25, 0.3) is 11.5 Å². The number of nitrogens with zero attached hydrogens (tertiary/aromatic N) is 4. The van der Waals surface area contributed by atoms with Crippen molar-refractivity contribution in [1.82, 2.24) is 13.9 Å². The van der Waals surface area contributed by atoms with Crippen LogP contribution in [0.1, 0.15) is 54.0 Å². The largest absolute Gasteiger partial charge is 0.378 e. The molecular weight excluding hydrogens is 595 g/mol. The topological polar surface area (TPSA) is 79.7 Å². The summed E-state index contributed by atoms with van der Waals surface area (Å²) in [7, 11) is 1.45. The maximum atomic E-state index is 14.3. The number of pyridine rings is 2. The number of hydrogen-bond acceptors (Lipinski definition) is 6. The third kappa shape index (κ3) is 4.88. The van der Waals surface area contributed by atoms with E-state index in [1.54, 1.807) is 0 Å². The zero-order chi connectivity index (χ0) is 30.9. The summed E-state index contributed by atoms with van der Waals surface area (Å²) in [4.78, 5) is 36.0. The van der Waals surface area contributed by atoms with Crippen molar-refractivity contribution in [1.29, 1.82) is 0 Å². The molecule has 0 bridgehead atoms. The maximum absolute atomic E-state index is 14.3. The Bertz CT molecular complexity index is 2030. The van der Waals surface area contributed by atoms with E-state index in [0.29, 0.717) is 29.1 Å². The number of allylic oxidation sites excluding steroid dienone is 1. The summed E-state index contributed by atoms with van der Waals surface area (Å²) in [6.07, 6.45) is 9.71. The number of aromatic nitrogens is 2. The molecule has 1 atom stereocenters. The van der Waals surface area contributed by atoms with E-state index in [9.17, 15) is 9.59 Å². The number of nitrogens with one attached hydrogen (secondary N) is 1. The molecule has 46 heavy (non-hydrogen) atoms. The number of carbonyl (C=O) groups is 1. The van der Waals surface area contributed by atoms with Gasteiger partial charge in [0.15, 0.2) is 0 Å². The van der Waals surface area contributed by atoms with Crippen molar-refractivity contribution in [3.63, 3.8) is 0 Å². The molecule has 1 amide bonds. The van der Waals surface area contributed by atoms with Crippen molar-refractivity contribution in [2.24, 2.45) is 5.92 Å². The molecule has 2 aliphatic carbocycles. The third-order valence-corrected chi connectivity index (χ3v) is 12.3. The maximum Gasteiger partial charge on any atom is 0.279 e. The van der Waals surface area contributed by atoms with Gasteiger partial charge in [0.05, 0.1) is 30.8 Å². The van der Waals surface area contributed by atoms with Crippen LogP contribution in [0.2, 0.25) is 0 Å². The minimum atomic E-state index is -0.437. The molecule has 2 aromatic carbocycles. The van der Waals surface area contributed by atoms with Gasteiger partial charge < -0.3 is 15.0 Å². The number of likely N-dealkylation sites (N-methyl/N-ethyl adjacent to an activating group) is 1. The zero-order valence-electron chi connectivity index (χ0n) is 26.0. The molecule has 5 aliphatic rings. The van der Waals surface area contributed by atoms with Gasteiger partial charge in [-0.1, -0.05) is 34.9 Å². The van der Waals surface area contributed by atoms with E-state index in [4.69, 9.17) is 4.74 Å². The van der Waals surface area contributed by atoms with Crippen molar-refractivity contribution in [2.75, 3.05) is 43.6 Å². The number of anilines is 2. The van der Waals surface area contributed by atoms with Gasteiger partial charge >= 0.3 is 0 Å². The number of carbonyl (C=O) groups excluding carboxylic acids is 1. The number of morpholine rings is 1. The van der Waals surface area contributed by atoms with Gasteiger partial charge in [0, 0.05) is 41.8 Å². The first-order valence-electron chi connectivity index (χ1n) is 16.5. The molecule has 2 saturated carbocycles. The fourth-order valence-corrected chi connectivity index (χ4v) is 9.37. The molecule has 3 aliphatic heterocycles. The molecule has 234 valence electrons. The number of amides is 1. The molecule has 1 saturated heterocycles. The second kappa shape index (κ2) is 11.0. The van der Waals surface area contributed by atoms with Crippen LogP contribution in [-0.2, 0) is 21.7 Å². The average Bonchev–Trinajstić information content (AvgIpc) is 4.03. The average molecular weight is 632 g/mol. The van der Waals surface area contributed by atoms with Gasteiger partial charge in [-0.05, 0) is 102 Å². The molecule has 8 nitrogen and oxygen atoms in total. The molecule has 3 fully saturated rings. The lowest BCUT2D eigenvalue weighted by molar-refractivity contribution is -0.121. The van der Waals surface area contributed by atoms with E-state index in [-0.39, 0.29) is 11.5 Å². The van der Waals surface area contributed by atoms with E-state index in [1.807, 2.05) is 46.4 Å². The van der Waals surface area contributed by atoms with Crippen LogP contribution in [0.4, 0.5) is 11.5 Å². The number of rotatable bonds is 7. The highest BCUT2D eigenvalue weighted by molar-refractivity contribution is 8.14. The summed E-state index contributed by atoms with van der Waals surface area (Å²) < 4.78 is 9.32. The number of fused-ring (bicyclic) bond motifs is 3. The number of benzene rings is 2. The van der Waals surface area contributed by atoms with Gasteiger partial charge in [-0.3, -0.25) is 18.5 Å². The first-order chi connectivity index (χ1) is 22.5. The van der Waals surface area contributed by atoms with Crippen LogP contribution >= 0.6 is 10.7 Å². The van der Waals surface area contributed by atoms with Gasteiger partial charge in [-0.15, -0.1) is 0 Å². The molecule has 0 spiro atoms. The summed E-state index contributed by atoms with van der Waals surface area (Å²) in [5.74, 6) is 2.57. The Balaban J connectivity index is 1.08. The SMILES string of the molecule is CN1C(=O)C(Nc2ccc(N3CCOCC3)cn2)=CC2=S1Cc1c2cccc1-n1c(CC2CC2)cc2cc(C3CC3)ccc2c1=O. The van der Waals surface area contributed by atoms with E-state index in [0.717, 1.165) is 76.6 Å². The van der Waals surface area contributed by atoms with Gasteiger partial charge in [-0.2, -0.15) is 0 Å². The predicted molar refractivity (Wildman–Crippen MR) is 185 cm³/mol. The minimum Gasteiger partial charge on any atom is -0.378 e. The predicted octanol–water partition coefficient (Wildman–Crippen LogP) is 5.74. The van der Waals surface area contributed by atoms with Gasteiger partial charge in [0.2, 0.25) is 0 Å². The van der Waals surface area contributed by atoms with Crippen LogP contribution in [0.3, 0.4) is 0 Å². The first kappa shape index (κ1) is 28.0. The van der Waals surface area contributed by atoms with E-state index in [2.05, 4.69) is 51.6 Å². The molecule has 1 N–H and O–H groups in total. The highest BCUT2D eigenvalue weighted by Crippen LogP contribution is 2.44. The second-order valence-corrected chi connectivity index (χ2v) is 15.2. The highest BCUT2D eigenvalue weighted by Gasteiger charge is 2.34. The van der Waals surface area contributed by atoms with Crippen molar-refractivity contribution >= 4 is 43.7 Å². The minimum absolute atomic E-state index is 0.0516. The Morgan fingerprint density at radius 1 is 1.00 bits per heavy atom. The molecule has 1 unspecified atom stereocenters. The van der Waals surface area contributed by atoms with Crippen LogP contribution in [0.15, 0.2) is 77.4 Å². The summed E-state index contributed by atoms with van der Waals surface area (Å²) in [5.41, 5.74) is 7.27. The molecular formula is C37H37N5O3S. The third-order valence-electron chi connectivity index (χ3n) is 10.1. The normalized spacial score (nSPS) is 21.0. The fraction of sp³-hybridized carbons (Fsp3) is 0.351. The lowest BCUT2D eigenvalue weighted by Gasteiger charge is -2.29. The zero-order valence-corrected chi connectivity index (χ0v) is 26.8. The van der Waals surface area contributed by atoms with Crippen molar-refractivity contribution < 1.29 is 9.53 Å². The van der Waals surface area contributed by atoms with Gasteiger partial charge in [0.1, 0.15) is 11.5 Å². The molecule has 9 heteroatoms. The van der Waals surface area contributed by atoms with Crippen LogP contribution in [-0.4, -0.2) is 58.0 Å². The standard InChI is InChI=1S/C37H37N5O3S/c1-40-37(44)32(39-35-12-10-27(21-38-35)41-13-15-45-16-14-41)20-34-30-3-2-4-33(31(30)22-46(34)40)42-28(17-23-5-6-23)19-26-18-25(24-7-8-24)9-11-29(26)36(42)43/h2-4,9-12,18-21,23-24H,5-8,13-17,22H2,1H3,(H,38,39). The molecule has 5 heterocycles. The Morgan fingerprint density at radius 2 is 1.85 bits per heavy atom. The lowest BCUT2D eigenvalue weighted by Crippen LogP contribution is -2.36. The van der Waals surface area contributed by atoms with E-state index >= 15 is 0 Å². The Labute approximate surface area is 270 Å². The van der Waals surface area contributed by atoms with Crippen molar-refractivity contribution in [3.05, 3.63) is 105 Å². The van der Waals surface area contributed by atoms with Crippen LogP contribution in [0, 0.1) is 5.92 Å². The van der Waals surface area contributed by atoms with Crippen molar-refractivity contribution in [2.45, 2.75) is 43.8 Å². The molecule has 2 aromatic heterocycles. The number of ether oxygens (including phenoxy) is 1. The van der Waals surface area contributed by atoms with Gasteiger partial charge in [-0.25, -0.2) is 4.98 Å². The Hall–Kier alpha value is -4.21. The summed E-state index contributed by atoms with van der Waals surface area (Å²) in [6.45, 7) is 3.13. The van der Waals surface area contributed by atoms with Crippen LogP contribution in [0.25, 0.3) is 16.5 Å². The van der Waals surface area contributed by atoms with Crippen LogP contribution in [0.5, 0.6) is 0 Å². The summed E-state index contributed by atoms with van der Waals surface area (Å²) >= 11 is 0. The lowest BCUT2D eigenvalue weighted by atomic mass is 10.0. The van der Waals surface area contributed by atoms with E-state index < -0.39 is 10.7 Å². The van der Waals surface area contributed by atoms with Crippen molar-refractivity contribution in [3.8, 4) is 5.69 Å². The molecule has 9 rings (SSSR count). The quantitative estimate of drug-likeness (QED) is 0.262. The first-order valence-corrected chi connectivity index (χ1v) is 17.8. The monoisotopic (exact) mass is 631 g/mol. The van der Waals surface area contributed by atoms with Crippen LogP contribution < -0.4 is 15.8 Å². The number of hydrogen-bond donors (Lipinski definition) is 1. The Morgan fingerprint density at radius 3 is 2.61 bits per heavy atom. The summed E-state index contributed by atoms with van der Waals surface area (Å²) in [5, 5.41) is 5.15. The van der Waals surface area contributed by atoms with E-state index in [1.165, 1.54) is 31.2 Å². The fourth-order valence-electron chi connectivity index (χ4n) is 7.15. The summed E-state index contributed by atoms with van der Waals surface area (Å²) in [6, 6.07) is 19.0.